The first-order chi connectivity index (χ1) is 14.7. The Morgan fingerprint density at radius 1 is 1.23 bits per heavy atom. The summed E-state index contributed by atoms with van der Waals surface area (Å²) in [6.07, 6.45) is 4.91. The van der Waals surface area contributed by atoms with E-state index in [-0.39, 0.29) is 6.09 Å². The molecule has 0 aliphatic carbocycles. The molecule has 1 aliphatic heterocycles. The third kappa shape index (κ3) is 6.70. The van der Waals surface area contributed by atoms with Gasteiger partial charge in [0.15, 0.2) is 0 Å². The molecular weight excluding hydrogens is 396 g/mol. The quantitative estimate of drug-likeness (QED) is 0.744. The third-order valence-corrected chi connectivity index (χ3v) is 5.06. The highest BCUT2D eigenvalue weighted by atomic mass is 16.6. The number of hydrogen-bond acceptors (Lipinski definition) is 8. The smallest absolute Gasteiger partial charge is 0.410 e. The number of nitrogens with zero attached hydrogens (tertiary/aromatic N) is 5. The molecule has 0 radical (unpaired) electrons. The molecule has 1 fully saturated rings. The number of anilines is 3. The Bertz CT molecular complexity index is 860. The molecule has 1 aliphatic rings. The topological polar surface area (TPSA) is 92.7 Å². The zero-order valence-corrected chi connectivity index (χ0v) is 19.0. The number of aromatic nitrogens is 3. The molecule has 2 aromatic rings. The SMILES string of the molecule is COc1ccc(Nc2cc(N(C)CC3CCN(C(=O)OC(C)(C)C)CC3)ncn2)cn1. The Labute approximate surface area is 183 Å². The van der Waals surface area contributed by atoms with Crippen molar-refractivity contribution in [2.45, 2.75) is 39.2 Å². The van der Waals surface area contributed by atoms with Crippen LogP contribution in [-0.2, 0) is 4.74 Å². The van der Waals surface area contributed by atoms with E-state index >= 15 is 0 Å². The number of pyridine rings is 1. The van der Waals surface area contributed by atoms with Crippen molar-refractivity contribution in [2.24, 2.45) is 5.92 Å². The molecule has 31 heavy (non-hydrogen) atoms. The molecule has 2 aromatic heterocycles. The average Bonchev–Trinajstić information content (AvgIpc) is 2.74. The molecule has 3 heterocycles. The van der Waals surface area contributed by atoms with E-state index in [1.807, 2.05) is 40.0 Å². The highest BCUT2D eigenvalue weighted by Gasteiger charge is 2.27. The fraction of sp³-hybridized carbons (Fsp3) is 0.545. The Kier molecular flexibility index (Phi) is 7.14. The van der Waals surface area contributed by atoms with Crippen LogP contribution >= 0.6 is 0 Å². The van der Waals surface area contributed by atoms with Crippen molar-refractivity contribution < 1.29 is 14.3 Å². The fourth-order valence-electron chi connectivity index (χ4n) is 3.45. The van der Waals surface area contributed by atoms with Gasteiger partial charge in [-0.2, -0.15) is 0 Å². The predicted octanol–water partition coefficient (Wildman–Crippen LogP) is 3.71. The second-order valence-corrected chi connectivity index (χ2v) is 8.77. The van der Waals surface area contributed by atoms with Crippen molar-refractivity contribution in [3.8, 4) is 5.88 Å². The highest BCUT2D eigenvalue weighted by Crippen LogP contribution is 2.23. The van der Waals surface area contributed by atoms with E-state index in [2.05, 4.69) is 25.2 Å². The van der Waals surface area contributed by atoms with Crippen LogP contribution in [0, 0.1) is 5.92 Å². The van der Waals surface area contributed by atoms with Gasteiger partial charge in [0.2, 0.25) is 5.88 Å². The molecule has 0 bridgehead atoms. The first-order valence-electron chi connectivity index (χ1n) is 10.5. The van der Waals surface area contributed by atoms with Gasteiger partial charge in [0.1, 0.15) is 23.6 Å². The molecule has 3 rings (SSSR count). The van der Waals surface area contributed by atoms with Gasteiger partial charge in [-0.05, 0) is 45.6 Å². The summed E-state index contributed by atoms with van der Waals surface area (Å²) in [6.45, 7) is 7.97. The largest absolute Gasteiger partial charge is 0.481 e. The Hall–Kier alpha value is -3.10. The Morgan fingerprint density at radius 3 is 2.58 bits per heavy atom. The summed E-state index contributed by atoms with van der Waals surface area (Å²) in [7, 11) is 3.62. The summed E-state index contributed by atoms with van der Waals surface area (Å²) in [5.41, 5.74) is 0.358. The van der Waals surface area contributed by atoms with E-state index in [1.54, 1.807) is 30.6 Å². The molecule has 0 atom stereocenters. The van der Waals surface area contributed by atoms with Gasteiger partial charge >= 0.3 is 6.09 Å². The summed E-state index contributed by atoms with van der Waals surface area (Å²) in [4.78, 5) is 29.1. The van der Waals surface area contributed by atoms with Crippen molar-refractivity contribution in [3.63, 3.8) is 0 Å². The van der Waals surface area contributed by atoms with Crippen molar-refractivity contribution in [3.05, 3.63) is 30.7 Å². The molecule has 9 heteroatoms. The molecule has 1 saturated heterocycles. The van der Waals surface area contributed by atoms with E-state index in [1.165, 1.54) is 0 Å². The number of nitrogens with one attached hydrogen (secondary N) is 1. The van der Waals surface area contributed by atoms with E-state index < -0.39 is 5.60 Å². The Morgan fingerprint density at radius 2 is 1.97 bits per heavy atom. The second kappa shape index (κ2) is 9.80. The minimum atomic E-state index is -0.464. The average molecular weight is 429 g/mol. The van der Waals surface area contributed by atoms with Crippen molar-refractivity contribution in [1.29, 1.82) is 0 Å². The lowest BCUT2D eigenvalue weighted by atomic mass is 9.96. The molecule has 0 spiro atoms. The van der Waals surface area contributed by atoms with Gasteiger partial charge in [-0.25, -0.2) is 19.7 Å². The normalized spacial score (nSPS) is 14.8. The zero-order chi connectivity index (χ0) is 22.4. The number of carbonyl (C=O) groups excluding carboxylic acids is 1. The molecule has 9 nitrogen and oxygen atoms in total. The number of carbonyl (C=O) groups is 1. The predicted molar refractivity (Wildman–Crippen MR) is 120 cm³/mol. The lowest BCUT2D eigenvalue weighted by molar-refractivity contribution is 0.0186. The highest BCUT2D eigenvalue weighted by molar-refractivity contribution is 5.68. The van der Waals surface area contributed by atoms with Crippen molar-refractivity contribution >= 4 is 23.4 Å². The summed E-state index contributed by atoms with van der Waals surface area (Å²) >= 11 is 0. The van der Waals surface area contributed by atoms with Gasteiger partial charge in [-0.15, -0.1) is 0 Å². The van der Waals surface area contributed by atoms with Crippen LogP contribution in [0.1, 0.15) is 33.6 Å². The zero-order valence-electron chi connectivity index (χ0n) is 19.0. The monoisotopic (exact) mass is 428 g/mol. The number of amides is 1. The van der Waals surface area contributed by atoms with Crippen LogP contribution in [0.5, 0.6) is 5.88 Å². The molecule has 0 saturated carbocycles. The fourth-order valence-corrected chi connectivity index (χ4v) is 3.45. The number of ether oxygens (including phenoxy) is 2. The van der Waals surface area contributed by atoms with Crippen LogP contribution < -0.4 is 15.0 Å². The second-order valence-electron chi connectivity index (χ2n) is 8.77. The van der Waals surface area contributed by atoms with E-state index in [0.29, 0.717) is 30.7 Å². The maximum atomic E-state index is 12.2. The molecule has 0 aromatic carbocycles. The number of piperidine rings is 1. The molecule has 1 amide bonds. The Balaban J connectivity index is 1.52. The van der Waals surface area contributed by atoms with Crippen LogP contribution in [0.15, 0.2) is 30.7 Å². The van der Waals surface area contributed by atoms with E-state index in [4.69, 9.17) is 9.47 Å². The third-order valence-electron chi connectivity index (χ3n) is 5.06. The summed E-state index contributed by atoms with van der Waals surface area (Å²) in [5, 5.41) is 3.24. The van der Waals surface area contributed by atoms with Gasteiger partial charge in [0.25, 0.3) is 0 Å². The van der Waals surface area contributed by atoms with Crippen LogP contribution in [-0.4, -0.2) is 65.3 Å². The number of likely N-dealkylation sites (tertiary alicyclic amines) is 1. The lowest BCUT2D eigenvalue weighted by Crippen LogP contribution is -2.43. The van der Waals surface area contributed by atoms with Gasteiger partial charge < -0.3 is 24.6 Å². The van der Waals surface area contributed by atoms with Crippen LogP contribution in [0.4, 0.5) is 22.1 Å². The standard InChI is InChI=1S/C22H32N6O3/c1-22(2,3)31-21(29)28-10-8-16(9-11-28)14-27(4)19-12-18(24-15-25-19)26-17-6-7-20(30-5)23-13-17/h6-7,12-13,15-16H,8-11,14H2,1-5H3,(H,24,25,26). The molecule has 0 unspecified atom stereocenters. The molecule has 168 valence electrons. The van der Waals surface area contributed by atoms with Gasteiger partial charge in [0, 0.05) is 38.8 Å². The maximum absolute atomic E-state index is 12.2. The van der Waals surface area contributed by atoms with Gasteiger partial charge in [0.05, 0.1) is 19.0 Å². The minimum absolute atomic E-state index is 0.223. The molecule has 1 N–H and O–H groups in total. The molecular formula is C22H32N6O3. The number of rotatable bonds is 6. The maximum Gasteiger partial charge on any atom is 0.410 e. The van der Waals surface area contributed by atoms with Crippen LogP contribution in [0.25, 0.3) is 0 Å². The first kappa shape index (κ1) is 22.6. The summed E-state index contributed by atoms with van der Waals surface area (Å²) in [5.74, 6) is 2.59. The lowest BCUT2D eigenvalue weighted by Gasteiger charge is -2.35. The number of methoxy groups -OCH3 is 1. The van der Waals surface area contributed by atoms with Crippen molar-refractivity contribution in [1.82, 2.24) is 19.9 Å². The van der Waals surface area contributed by atoms with Crippen molar-refractivity contribution in [2.75, 3.05) is 44.0 Å². The number of hydrogen-bond donors (Lipinski definition) is 1. The van der Waals surface area contributed by atoms with Gasteiger partial charge in [-0.3, -0.25) is 0 Å². The van der Waals surface area contributed by atoms with E-state index in [0.717, 1.165) is 30.9 Å². The van der Waals surface area contributed by atoms with Gasteiger partial charge in [-0.1, -0.05) is 0 Å². The van der Waals surface area contributed by atoms with Crippen LogP contribution in [0.3, 0.4) is 0 Å². The summed E-state index contributed by atoms with van der Waals surface area (Å²) < 4.78 is 10.6. The summed E-state index contributed by atoms with van der Waals surface area (Å²) in [6, 6.07) is 5.59. The van der Waals surface area contributed by atoms with E-state index in [9.17, 15) is 4.79 Å². The first-order valence-corrected chi connectivity index (χ1v) is 10.5. The van der Waals surface area contributed by atoms with Crippen LogP contribution in [0.2, 0.25) is 0 Å². The minimum Gasteiger partial charge on any atom is -0.481 e.